The van der Waals surface area contributed by atoms with Crippen LogP contribution in [0, 0.1) is 23.2 Å². The maximum atomic E-state index is 13.2. The van der Waals surface area contributed by atoms with E-state index in [0.29, 0.717) is 19.0 Å². The minimum atomic E-state index is -3.27. The molecule has 0 radical (unpaired) electrons. The maximum Gasteiger partial charge on any atom is 0.236 e. The Morgan fingerprint density at radius 3 is 2.59 bits per heavy atom. The first-order valence-corrected chi connectivity index (χ1v) is 14.2. The number of primary amides is 1. The number of carbonyl (C=O) groups is 2. The van der Waals surface area contributed by atoms with Gasteiger partial charge in [0.15, 0.2) is 0 Å². The molecule has 1 aromatic rings. The molecule has 34 heavy (non-hydrogen) atoms. The summed E-state index contributed by atoms with van der Waals surface area (Å²) in [5.41, 5.74) is 8.82. The van der Waals surface area contributed by atoms with E-state index in [1.165, 1.54) is 11.1 Å². The normalized spacial score (nSPS) is 36.8. The Hall–Kier alpha value is -1.81. The highest BCUT2D eigenvalue weighted by Crippen LogP contribution is 2.60. The smallest absolute Gasteiger partial charge is 0.236 e. The van der Waals surface area contributed by atoms with Gasteiger partial charge in [0.2, 0.25) is 11.8 Å². The van der Waals surface area contributed by atoms with E-state index in [9.17, 15) is 18.7 Å². The summed E-state index contributed by atoms with van der Waals surface area (Å²) in [5.74, 6) is 0.770. The van der Waals surface area contributed by atoms with Crippen LogP contribution in [0.25, 0.3) is 0 Å². The Bertz CT molecular complexity index is 1000. The Morgan fingerprint density at radius 2 is 1.85 bits per heavy atom. The van der Waals surface area contributed by atoms with Gasteiger partial charge in [-0.05, 0) is 104 Å². The van der Waals surface area contributed by atoms with E-state index in [4.69, 9.17) is 5.73 Å². The van der Waals surface area contributed by atoms with E-state index in [1.54, 1.807) is 8.61 Å². The lowest BCUT2D eigenvalue weighted by Crippen LogP contribution is -2.62. The Balaban J connectivity index is 1.15. The van der Waals surface area contributed by atoms with Crippen molar-refractivity contribution in [1.29, 1.82) is 0 Å². The lowest BCUT2D eigenvalue weighted by molar-refractivity contribution is -0.147. The second-order valence-corrected chi connectivity index (χ2v) is 13.2. The number of nitrogens with two attached hydrogens (primary N) is 1. The Labute approximate surface area is 202 Å². The molecule has 0 spiro atoms. The standard InChI is InChI=1S/C25H36N4O4S/c26-24(31)25-12-16-10-18(13-25)23(19(11-16)14-25)27-22(30)15-28-8-3-9-29(34(28,32)33)21-7-2-5-17-4-1-6-20(17)21/h2,5,7,16,18-19,23,32-33H,1,3-4,6,8-15H2,(H2,26,31)(H,27,30). The SMILES string of the molecule is NC(=O)C12CC3CC(C1)C(NC(=O)CN1CCCN(c4cccc5c4CCC5)S1(O)O)C(C3)C2. The van der Waals surface area contributed by atoms with Crippen LogP contribution in [0.4, 0.5) is 5.69 Å². The second-order valence-electron chi connectivity index (χ2n) is 11.3. The number of nitrogens with one attached hydrogen (secondary N) is 1. The number of nitrogens with zero attached hydrogens (tertiary/aromatic N) is 2. The predicted octanol–water partition coefficient (Wildman–Crippen LogP) is 3.06. The van der Waals surface area contributed by atoms with E-state index in [2.05, 4.69) is 11.4 Å². The Kier molecular flexibility index (Phi) is 5.40. The molecule has 9 heteroatoms. The summed E-state index contributed by atoms with van der Waals surface area (Å²) in [6, 6.07) is 6.15. The van der Waals surface area contributed by atoms with Crippen molar-refractivity contribution in [2.75, 3.05) is 23.9 Å². The quantitative estimate of drug-likeness (QED) is 0.506. The third-order valence-corrected chi connectivity index (χ3v) is 11.2. The number of aryl methyl sites for hydroxylation is 1. The summed E-state index contributed by atoms with van der Waals surface area (Å²) in [5, 5.41) is 3.24. The zero-order valence-electron chi connectivity index (χ0n) is 19.6. The number of hydrogen-bond donors (Lipinski definition) is 4. The molecule has 2 amide bonds. The lowest BCUT2D eigenvalue weighted by atomic mass is 9.47. The molecule has 4 bridgehead atoms. The molecule has 5 fully saturated rings. The van der Waals surface area contributed by atoms with Crippen LogP contribution in [0.5, 0.6) is 0 Å². The van der Waals surface area contributed by atoms with Crippen LogP contribution < -0.4 is 15.4 Å². The number of hydrogen-bond acceptors (Lipinski definition) is 6. The van der Waals surface area contributed by atoms with Gasteiger partial charge >= 0.3 is 0 Å². The zero-order chi connectivity index (χ0) is 23.7. The molecule has 1 heterocycles. The van der Waals surface area contributed by atoms with Crippen molar-refractivity contribution in [3.63, 3.8) is 0 Å². The summed E-state index contributed by atoms with van der Waals surface area (Å²) in [7, 11) is -3.27. The zero-order valence-corrected chi connectivity index (χ0v) is 20.4. The molecule has 5 aliphatic carbocycles. The van der Waals surface area contributed by atoms with Crippen molar-refractivity contribution in [3.05, 3.63) is 29.3 Å². The molecule has 1 aliphatic heterocycles. The average Bonchev–Trinajstić information content (AvgIpc) is 3.26. The maximum absolute atomic E-state index is 13.2. The molecule has 6 aliphatic rings. The Morgan fingerprint density at radius 1 is 1.09 bits per heavy atom. The molecule has 186 valence electrons. The fourth-order valence-electron chi connectivity index (χ4n) is 7.98. The molecule has 8 nitrogen and oxygen atoms in total. The number of benzene rings is 1. The molecule has 1 saturated heterocycles. The average molecular weight is 489 g/mol. The van der Waals surface area contributed by atoms with Crippen molar-refractivity contribution >= 4 is 28.5 Å². The minimum absolute atomic E-state index is 0.0335. The summed E-state index contributed by atoms with van der Waals surface area (Å²) in [6.45, 7) is 1.01. The molecule has 1 aromatic carbocycles. The van der Waals surface area contributed by atoms with Crippen molar-refractivity contribution in [3.8, 4) is 0 Å². The lowest BCUT2D eigenvalue weighted by Gasteiger charge is -2.59. The first kappa shape index (κ1) is 22.6. The van der Waals surface area contributed by atoms with Gasteiger partial charge in [-0.3, -0.25) is 23.0 Å². The van der Waals surface area contributed by atoms with E-state index >= 15 is 0 Å². The molecular formula is C25H36N4O4S. The van der Waals surface area contributed by atoms with Crippen LogP contribution in [-0.2, 0) is 22.4 Å². The summed E-state index contributed by atoms with van der Waals surface area (Å²) >= 11 is 0. The van der Waals surface area contributed by atoms with E-state index in [-0.39, 0.29) is 41.7 Å². The van der Waals surface area contributed by atoms with Gasteiger partial charge in [0, 0.05) is 24.5 Å². The number of anilines is 1. The molecule has 4 saturated carbocycles. The van der Waals surface area contributed by atoms with Crippen LogP contribution in [0.15, 0.2) is 18.2 Å². The molecular weight excluding hydrogens is 452 g/mol. The van der Waals surface area contributed by atoms with Gasteiger partial charge in [0.1, 0.15) is 0 Å². The molecule has 0 aromatic heterocycles. The molecule has 7 rings (SSSR count). The van der Waals surface area contributed by atoms with Gasteiger partial charge in [-0.1, -0.05) is 12.1 Å². The molecule has 2 atom stereocenters. The largest absolute Gasteiger partial charge is 0.369 e. The molecule has 5 N–H and O–H groups in total. The van der Waals surface area contributed by atoms with Crippen LogP contribution in [0.3, 0.4) is 0 Å². The highest BCUT2D eigenvalue weighted by Gasteiger charge is 2.58. The van der Waals surface area contributed by atoms with Gasteiger partial charge in [-0.15, -0.1) is 0 Å². The van der Waals surface area contributed by atoms with Crippen LogP contribution >= 0.6 is 11.0 Å². The number of fused-ring (bicyclic) bond motifs is 1. The van der Waals surface area contributed by atoms with Crippen molar-refractivity contribution in [2.24, 2.45) is 28.9 Å². The van der Waals surface area contributed by atoms with Crippen molar-refractivity contribution in [1.82, 2.24) is 9.62 Å². The van der Waals surface area contributed by atoms with Gasteiger partial charge in [0.05, 0.1) is 12.2 Å². The van der Waals surface area contributed by atoms with Crippen molar-refractivity contribution < 1.29 is 18.7 Å². The van der Waals surface area contributed by atoms with Crippen molar-refractivity contribution in [2.45, 2.75) is 63.8 Å². The van der Waals surface area contributed by atoms with Gasteiger partial charge in [-0.25, -0.2) is 0 Å². The topological polar surface area (TPSA) is 119 Å². The second kappa shape index (κ2) is 8.11. The summed E-state index contributed by atoms with van der Waals surface area (Å²) in [6.07, 6.45) is 8.38. The fourth-order valence-corrected chi connectivity index (χ4v) is 9.73. The highest BCUT2D eigenvalue weighted by atomic mass is 32.3. The summed E-state index contributed by atoms with van der Waals surface area (Å²) < 4.78 is 25.9. The van der Waals surface area contributed by atoms with Crippen LogP contribution in [0.1, 0.15) is 56.1 Å². The van der Waals surface area contributed by atoms with E-state index in [0.717, 1.165) is 63.5 Å². The predicted molar refractivity (Wildman–Crippen MR) is 132 cm³/mol. The summed E-state index contributed by atoms with van der Waals surface area (Å²) in [4.78, 5) is 25.4. The van der Waals surface area contributed by atoms with Gasteiger partial charge in [-0.2, -0.15) is 4.31 Å². The van der Waals surface area contributed by atoms with Gasteiger partial charge < -0.3 is 11.1 Å². The van der Waals surface area contributed by atoms with Crippen LogP contribution in [-0.4, -0.2) is 50.9 Å². The first-order valence-electron chi connectivity index (χ1n) is 12.8. The van der Waals surface area contributed by atoms with E-state index < -0.39 is 11.0 Å². The minimum Gasteiger partial charge on any atom is -0.369 e. The number of rotatable bonds is 5. The monoisotopic (exact) mass is 488 g/mol. The third kappa shape index (κ3) is 3.54. The van der Waals surface area contributed by atoms with E-state index in [1.807, 2.05) is 12.1 Å². The number of carbonyl (C=O) groups excluding carboxylic acids is 2. The highest BCUT2D eigenvalue weighted by molar-refractivity contribution is 8.23. The van der Waals surface area contributed by atoms with Gasteiger partial charge in [0.25, 0.3) is 0 Å². The van der Waals surface area contributed by atoms with Crippen LogP contribution in [0.2, 0.25) is 0 Å². The fraction of sp³-hybridized carbons (Fsp3) is 0.680. The first-order chi connectivity index (χ1) is 16.3. The number of amides is 2. The third-order valence-electron chi connectivity index (χ3n) is 9.24. The molecule has 2 unspecified atom stereocenters.